The molecule has 1 aromatic heterocycles. The first kappa shape index (κ1) is 9.52. The second kappa shape index (κ2) is 4.00. The summed E-state index contributed by atoms with van der Waals surface area (Å²) in [6.07, 6.45) is 5.20. The van der Waals surface area contributed by atoms with E-state index >= 15 is 0 Å². The molecule has 0 bridgehead atoms. The summed E-state index contributed by atoms with van der Waals surface area (Å²) in [5.41, 5.74) is 1.13. The first-order chi connectivity index (χ1) is 6.74. The van der Waals surface area contributed by atoms with Gasteiger partial charge in [-0.25, -0.2) is 0 Å². The fraction of sp³-hybridized carbons (Fsp3) is 0.700. The second-order valence-electron chi connectivity index (χ2n) is 4.20. The van der Waals surface area contributed by atoms with Gasteiger partial charge in [0, 0.05) is 26.3 Å². The number of rotatable bonds is 3. The van der Waals surface area contributed by atoms with Crippen molar-refractivity contribution in [2.75, 3.05) is 32.0 Å². The van der Waals surface area contributed by atoms with E-state index in [-0.39, 0.29) is 0 Å². The molecule has 0 radical (unpaired) electrons. The maximum atomic E-state index is 4.12. The van der Waals surface area contributed by atoms with Crippen LogP contribution >= 0.6 is 0 Å². The van der Waals surface area contributed by atoms with Crippen molar-refractivity contribution in [3.8, 4) is 0 Å². The van der Waals surface area contributed by atoms with Gasteiger partial charge in [-0.3, -0.25) is 4.68 Å². The number of hydrogen-bond donors (Lipinski definition) is 1. The van der Waals surface area contributed by atoms with Crippen molar-refractivity contribution in [2.24, 2.45) is 13.0 Å². The van der Waals surface area contributed by atoms with Crippen LogP contribution < -0.4 is 5.32 Å². The molecule has 0 amide bonds. The number of anilines is 1. The standard InChI is InChI=1S/C10H18N4/c1-13-4-3-9(7-13)5-11-10-6-12-14(2)8-10/h6,8-9,11H,3-5,7H2,1-2H3. The maximum absolute atomic E-state index is 4.12. The van der Waals surface area contributed by atoms with E-state index in [4.69, 9.17) is 0 Å². The van der Waals surface area contributed by atoms with Crippen LogP contribution in [0.1, 0.15) is 6.42 Å². The molecule has 1 fully saturated rings. The summed E-state index contributed by atoms with van der Waals surface area (Å²) >= 11 is 0. The molecule has 1 aromatic rings. The van der Waals surface area contributed by atoms with Crippen molar-refractivity contribution in [2.45, 2.75) is 6.42 Å². The third-order valence-electron chi connectivity index (χ3n) is 2.79. The van der Waals surface area contributed by atoms with Crippen LogP contribution in [0.4, 0.5) is 5.69 Å². The molecule has 0 aliphatic carbocycles. The highest BCUT2D eigenvalue weighted by molar-refractivity contribution is 5.37. The fourth-order valence-electron chi connectivity index (χ4n) is 1.97. The second-order valence-corrected chi connectivity index (χ2v) is 4.20. The Morgan fingerprint density at radius 1 is 1.57 bits per heavy atom. The van der Waals surface area contributed by atoms with Crippen LogP contribution in [0.15, 0.2) is 12.4 Å². The van der Waals surface area contributed by atoms with Gasteiger partial charge in [-0.15, -0.1) is 0 Å². The molecule has 1 saturated heterocycles. The van der Waals surface area contributed by atoms with E-state index in [0.29, 0.717) is 0 Å². The Morgan fingerprint density at radius 2 is 2.43 bits per heavy atom. The Morgan fingerprint density at radius 3 is 3.00 bits per heavy atom. The van der Waals surface area contributed by atoms with Gasteiger partial charge in [0.1, 0.15) is 0 Å². The molecule has 1 aliphatic heterocycles. The number of aromatic nitrogens is 2. The average molecular weight is 194 g/mol. The maximum Gasteiger partial charge on any atom is 0.0726 e. The van der Waals surface area contributed by atoms with Gasteiger partial charge in [0.2, 0.25) is 0 Å². The van der Waals surface area contributed by atoms with Crippen molar-refractivity contribution < 1.29 is 0 Å². The Bertz CT molecular complexity index is 294. The number of aryl methyl sites for hydroxylation is 1. The van der Waals surface area contributed by atoms with E-state index in [1.165, 1.54) is 19.5 Å². The lowest BCUT2D eigenvalue weighted by atomic mass is 10.1. The van der Waals surface area contributed by atoms with Crippen LogP contribution in [-0.2, 0) is 7.05 Å². The van der Waals surface area contributed by atoms with Gasteiger partial charge in [0.05, 0.1) is 11.9 Å². The van der Waals surface area contributed by atoms with E-state index < -0.39 is 0 Å². The first-order valence-corrected chi connectivity index (χ1v) is 5.15. The van der Waals surface area contributed by atoms with Crippen LogP contribution in [0.3, 0.4) is 0 Å². The predicted molar refractivity (Wildman–Crippen MR) is 57.3 cm³/mol. The summed E-state index contributed by atoms with van der Waals surface area (Å²) in [6, 6.07) is 0. The summed E-state index contributed by atoms with van der Waals surface area (Å²) in [7, 11) is 4.12. The molecular weight excluding hydrogens is 176 g/mol. The lowest BCUT2D eigenvalue weighted by Crippen LogP contribution is -2.18. The van der Waals surface area contributed by atoms with Crippen molar-refractivity contribution in [1.82, 2.24) is 14.7 Å². The topological polar surface area (TPSA) is 33.1 Å². The van der Waals surface area contributed by atoms with Gasteiger partial charge in [-0.1, -0.05) is 0 Å². The zero-order valence-corrected chi connectivity index (χ0v) is 8.90. The number of nitrogens with one attached hydrogen (secondary N) is 1. The molecule has 0 spiro atoms. The van der Waals surface area contributed by atoms with Gasteiger partial charge < -0.3 is 10.2 Å². The minimum Gasteiger partial charge on any atom is -0.382 e. The van der Waals surface area contributed by atoms with Crippen LogP contribution in [0.25, 0.3) is 0 Å². The molecule has 1 N–H and O–H groups in total. The Balaban J connectivity index is 1.77. The summed E-state index contributed by atoms with van der Waals surface area (Å²) in [6.45, 7) is 3.52. The number of hydrogen-bond acceptors (Lipinski definition) is 3. The summed E-state index contributed by atoms with van der Waals surface area (Å²) < 4.78 is 1.82. The van der Waals surface area contributed by atoms with Crippen LogP contribution in [0, 0.1) is 5.92 Å². The van der Waals surface area contributed by atoms with Crippen molar-refractivity contribution in [3.05, 3.63) is 12.4 Å². The van der Waals surface area contributed by atoms with Gasteiger partial charge in [-0.2, -0.15) is 5.10 Å². The quantitative estimate of drug-likeness (QED) is 0.772. The highest BCUT2D eigenvalue weighted by atomic mass is 15.3. The van der Waals surface area contributed by atoms with E-state index in [0.717, 1.165) is 18.2 Å². The fourth-order valence-corrected chi connectivity index (χ4v) is 1.97. The molecule has 0 aromatic carbocycles. The van der Waals surface area contributed by atoms with E-state index in [1.807, 2.05) is 24.1 Å². The van der Waals surface area contributed by atoms with Crippen molar-refractivity contribution in [1.29, 1.82) is 0 Å². The molecule has 14 heavy (non-hydrogen) atoms. The molecule has 78 valence electrons. The SMILES string of the molecule is CN1CCC(CNc2cnn(C)c2)C1. The van der Waals surface area contributed by atoms with Gasteiger partial charge in [-0.05, 0) is 25.9 Å². The van der Waals surface area contributed by atoms with Gasteiger partial charge in [0.15, 0.2) is 0 Å². The van der Waals surface area contributed by atoms with Crippen LogP contribution in [-0.4, -0.2) is 41.4 Å². The lowest BCUT2D eigenvalue weighted by molar-refractivity contribution is 0.399. The molecule has 4 heteroatoms. The highest BCUT2D eigenvalue weighted by Crippen LogP contribution is 2.15. The van der Waals surface area contributed by atoms with E-state index in [1.54, 1.807) is 0 Å². The van der Waals surface area contributed by atoms with E-state index in [2.05, 4.69) is 22.4 Å². The summed E-state index contributed by atoms with van der Waals surface area (Å²) in [5.74, 6) is 0.792. The molecular formula is C10H18N4. The molecule has 2 heterocycles. The van der Waals surface area contributed by atoms with Crippen LogP contribution in [0.2, 0.25) is 0 Å². The monoisotopic (exact) mass is 194 g/mol. The minimum atomic E-state index is 0.792. The first-order valence-electron chi connectivity index (χ1n) is 5.15. The van der Waals surface area contributed by atoms with Crippen molar-refractivity contribution in [3.63, 3.8) is 0 Å². The Hall–Kier alpha value is -1.03. The van der Waals surface area contributed by atoms with Gasteiger partial charge in [0.25, 0.3) is 0 Å². The Labute approximate surface area is 84.9 Å². The number of likely N-dealkylation sites (tertiary alicyclic amines) is 1. The zero-order valence-electron chi connectivity index (χ0n) is 8.90. The molecule has 1 unspecified atom stereocenters. The average Bonchev–Trinajstić information content (AvgIpc) is 2.72. The summed E-state index contributed by atoms with van der Waals surface area (Å²) in [5, 5.41) is 7.54. The third kappa shape index (κ3) is 2.26. The molecule has 1 aliphatic rings. The normalized spacial score (nSPS) is 22.9. The third-order valence-corrected chi connectivity index (χ3v) is 2.79. The zero-order chi connectivity index (χ0) is 9.97. The smallest absolute Gasteiger partial charge is 0.0726 e. The van der Waals surface area contributed by atoms with Gasteiger partial charge >= 0.3 is 0 Å². The lowest BCUT2D eigenvalue weighted by Gasteiger charge is -2.10. The molecule has 0 saturated carbocycles. The molecule has 1 atom stereocenters. The van der Waals surface area contributed by atoms with E-state index in [9.17, 15) is 0 Å². The van der Waals surface area contributed by atoms with Crippen LogP contribution in [0.5, 0.6) is 0 Å². The largest absolute Gasteiger partial charge is 0.382 e. The predicted octanol–water partition coefficient (Wildman–Crippen LogP) is 0.784. The summed E-state index contributed by atoms with van der Waals surface area (Å²) in [4.78, 5) is 2.38. The number of nitrogens with zero attached hydrogens (tertiary/aromatic N) is 3. The molecule has 4 nitrogen and oxygen atoms in total. The highest BCUT2D eigenvalue weighted by Gasteiger charge is 2.18. The van der Waals surface area contributed by atoms with Crippen molar-refractivity contribution >= 4 is 5.69 Å². The minimum absolute atomic E-state index is 0.792. The Kier molecular flexibility index (Phi) is 2.72. The molecule has 2 rings (SSSR count).